The third-order valence-electron chi connectivity index (χ3n) is 3.74. The normalized spacial score (nSPS) is 13.1. The monoisotopic (exact) mass is 341 g/mol. The Balaban J connectivity index is 3.11. The fourth-order valence-electron chi connectivity index (χ4n) is 2.32. The molecular formula is C16H27N3O3S. The average molecular weight is 341 g/mol. The Labute approximate surface area is 139 Å². The molecule has 0 saturated heterocycles. The highest BCUT2D eigenvalue weighted by molar-refractivity contribution is 7.89. The van der Waals surface area contributed by atoms with Crippen LogP contribution in [0.4, 0.5) is 5.69 Å². The first-order chi connectivity index (χ1) is 10.8. The molecule has 0 aliphatic rings. The van der Waals surface area contributed by atoms with E-state index in [1.54, 1.807) is 40.0 Å². The van der Waals surface area contributed by atoms with Gasteiger partial charge in [0.15, 0.2) is 0 Å². The fraction of sp³-hybridized carbons (Fsp3) is 0.562. The Morgan fingerprint density at radius 2 is 1.87 bits per heavy atom. The van der Waals surface area contributed by atoms with Crippen molar-refractivity contribution in [2.24, 2.45) is 5.92 Å². The van der Waals surface area contributed by atoms with Gasteiger partial charge in [-0.1, -0.05) is 26.8 Å². The van der Waals surface area contributed by atoms with Gasteiger partial charge in [-0.15, -0.1) is 0 Å². The van der Waals surface area contributed by atoms with Crippen LogP contribution in [0, 0.1) is 12.8 Å². The zero-order chi connectivity index (χ0) is 17.6. The average Bonchev–Trinajstić information content (AvgIpc) is 2.50. The van der Waals surface area contributed by atoms with Gasteiger partial charge in [-0.25, -0.2) is 8.42 Å². The van der Waals surface area contributed by atoms with E-state index in [1.807, 2.05) is 6.92 Å². The van der Waals surface area contributed by atoms with Gasteiger partial charge in [0.05, 0.1) is 4.90 Å². The number of nitrogens with zero attached hydrogens (tertiary/aromatic N) is 1. The molecule has 0 aliphatic carbocycles. The molecule has 2 N–H and O–H groups in total. The topological polar surface area (TPSA) is 78.5 Å². The molecule has 0 radical (unpaired) electrons. The van der Waals surface area contributed by atoms with Crippen LogP contribution in [-0.2, 0) is 14.8 Å². The maximum Gasteiger partial charge on any atom is 0.243 e. The van der Waals surface area contributed by atoms with Gasteiger partial charge in [0.2, 0.25) is 15.9 Å². The predicted octanol–water partition coefficient (Wildman–Crippen LogP) is 1.82. The Morgan fingerprint density at radius 3 is 2.39 bits per heavy atom. The zero-order valence-corrected chi connectivity index (χ0v) is 15.3. The molecular weight excluding hydrogens is 314 g/mol. The van der Waals surface area contributed by atoms with Crippen molar-refractivity contribution in [3.8, 4) is 0 Å². The van der Waals surface area contributed by atoms with Crippen LogP contribution in [-0.4, -0.2) is 45.3 Å². The van der Waals surface area contributed by atoms with Crippen LogP contribution in [0.15, 0.2) is 23.1 Å². The van der Waals surface area contributed by atoms with E-state index in [9.17, 15) is 13.2 Å². The number of aryl methyl sites for hydroxylation is 1. The van der Waals surface area contributed by atoms with Crippen LogP contribution >= 0.6 is 0 Å². The highest BCUT2D eigenvalue weighted by Gasteiger charge is 2.24. The van der Waals surface area contributed by atoms with E-state index < -0.39 is 10.0 Å². The molecule has 0 bridgehead atoms. The van der Waals surface area contributed by atoms with Gasteiger partial charge in [0, 0.05) is 31.2 Å². The summed E-state index contributed by atoms with van der Waals surface area (Å²) in [6.07, 6.45) is 0. The molecule has 23 heavy (non-hydrogen) atoms. The highest BCUT2D eigenvalue weighted by atomic mass is 32.2. The van der Waals surface area contributed by atoms with E-state index in [-0.39, 0.29) is 16.7 Å². The minimum absolute atomic E-state index is 0.144. The van der Waals surface area contributed by atoms with Gasteiger partial charge in [-0.3, -0.25) is 4.79 Å². The Morgan fingerprint density at radius 1 is 1.26 bits per heavy atom. The van der Waals surface area contributed by atoms with E-state index in [4.69, 9.17) is 0 Å². The van der Waals surface area contributed by atoms with E-state index in [1.165, 1.54) is 10.4 Å². The first-order valence-corrected chi connectivity index (χ1v) is 9.28. The molecule has 130 valence electrons. The van der Waals surface area contributed by atoms with E-state index in [0.29, 0.717) is 30.9 Å². The number of rotatable bonds is 8. The summed E-state index contributed by atoms with van der Waals surface area (Å²) >= 11 is 0. The summed E-state index contributed by atoms with van der Waals surface area (Å²) in [4.78, 5) is 12.3. The number of carbonyl (C=O) groups excluding carboxylic acids is 1. The van der Waals surface area contributed by atoms with Crippen LogP contribution in [0.1, 0.15) is 26.3 Å². The van der Waals surface area contributed by atoms with E-state index >= 15 is 0 Å². The first-order valence-electron chi connectivity index (χ1n) is 7.84. The van der Waals surface area contributed by atoms with Gasteiger partial charge in [0.1, 0.15) is 0 Å². The SMILES string of the molecule is CCN(CC)S(=O)(=O)c1cc(NC(=O)C(C)CNC)ccc1C. The number of carbonyl (C=O) groups is 1. The zero-order valence-electron chi connectivity index (χ0n) is 14.5. The molecule has 0 spiro atoms. The second-order valence-corrected chi connectivity index (χ2v) is 7.42. The number of amides is 1. The second-order valence-electron chi connectivity index (χ2n) is 5.52. The molecule has 1 unspecified atom stereocenters. The quantitative estimate of drug-likeness (QED) is 0.756. The van der Waals surface area contributed by atoms with Crippen molar-refractivity contribution in [3.05, 3.63) is 23.8 Å². The highest BCUT2D eigenvalue weighted by Crippen LogP contribution is 2.23. The minimum Gasteiger partial charge on any atom is -0.326 e. The van der Waals surface area contributed by atoms with Crippen molar-refractivity contribution in [2.75, 3.05) is 32.0 Å². The molecule has 0 fully saturated rings. The maximum atomic E-state index is 12.7. The van der Waals surface area contributed by atoms with Crippen molar-refractivity contribution < 1.29 is 13.2 Å². The van der Waals surface area contributed by atoms with Crippen molar-refractivity contribution >= 4 is 21.6 Å². The molecule has 0 aliphatic heterocycles. The predicted molar refractivity (Wildman–Crippen MR) is 93.0 cm³/mol. The molecule has 7 heteroatoms. The molecule has 1 atom stereocenters. The smallest absolute Gasteiger partial charge is 0.243 e. The third kappa shape index (κ3) is 4.76. The first kappa shape index (κ1) is 19.6. The number of anilines is 1. The summed E-state index contributed by atoms with van der Waals surface area (Å²) in [7, 11) is -1.77. The van der Waals surface area contributed by atoms with Gasteiger partial charge in [-0.2, -0.15) is 4.31 Å². The van der Waals surface area contributed by atoms with Crippen LogP contribution in [0.3, 0.4) is 0 Å². The lowest BCUT2D eigenvalue weighted by atomic mass is 10.1. The Kier molecular flexibility index (Phi) is 7.18. The Bertz CT molecular complexity index is 640. The van der Waals surface area contributed by atoms with E-state index in [2.05, 4.69) is 10.6 Å². The number of hydrogen-bond donors (Lipinski definition) is 2. The van der Waals surface area contributed by atoms with Gasteiger partial charge >= 0.3 is 0 Å². The molecule has 0 aromatic heterocycles. The summed E-state index contributed by atoms with van der Waals surface area (Å²) in [5.41, 5.74) is 1.16. The standard InChI is InChI=1S/C16H27N3O3S/c1-6-19(7-2)23(21,22)15-10-14(9-8-12(15)3)18-16(20)13(4)11-17-5/h8-10,13,17H,6-7,11H2,1-5H3,(H,18,20). The molecule has 1 rings (SSSR count). The Hall–Kier alpha value is -1.44. The van der Waals surface area contributed by atoms with Crippen molar-refractivity contribution in [1.82, 2.24) is 9.62 Å². The fourth-order valence-corrected chi connectivity index (χ4v) is 4.03. The van der Waals surface area contributed by atoms with Gasteiger partial charge in [0.25, 0.3) is 0 Å². The molecule has 1 aromatic rings. The number of sulfonamides is 1. The number of nitrogens with one attached hydrogen (secondary N) is 2. The van der Waals surface area contributed by atoms with E-state index in [0.717, 1.165) is 0 Å². The second kappa shape index (κ2) is 8.42. The summed E-state index contributed by atoms with van der Waals surface area (Å²) in [5, 5.41) is 5.72. The third-order valence-corrected chi connectivity index (χ3v) is 5.93. The van der Waals surface area contributed by atoms with Crippen molar-refractivity contribution in [3.63, 3.8) is 0 Å². The largest absolute Gasteiger partial charge is 0.326 e. The maximum absolute atomic E-state index is 12.7. The molecule has 0 heterocycles. The molecule has 6 nitrogen and oxygen atoms in total. The summed E-state index contributed by atoms with van der Waals surface area (Å²) in [5.74, 6) is -0.349. The molecule has 1 aromatic carbocycles. The van der Waals surface area contributed by atoms with Crippen LogP contribution in [0.2, 0.25) is 0 Å². The molecule has 1 amide bonds. The van der Waals surface area contributed by atoms with Gasteiger partial charge in [-0.05, 0) is 31.7 Å². The number of benzene rings is 1. The lowest BCUT2D eigenvalue weighted by Crippen LogP contribution is -2.31. The van der Waals surface area contributed by atoms with Crippen molar-refractivity contribution in [2.45, 2.75) is 32.6 Å². The summed E-state index contributed by atoms with van der Waals surface area (Å²) in [6.45, 7) is 8.56. The van der Waals surface area contributed by atoms with Crippen LogP contribution < -0.4 is 10.6 Å². The van der Waals surface area contributed by atoms with Crippen molar-refractivity contribution in [1.29, 1.82) is 0 Å². The summed E-state index contributed by atoms with van der Waals surface area (Å²) < 4.78 is 26.8. The minimum atomic E-state index is -3.55. The van der Waals surface area contributed by atoms with Crippen LogP contribution in [0.5, 0.6) is 0 Å². The lowest BCUT2D eigenvalue weighted by molar-refractivity contribution is -0.119. The van der Waals surface area contributed by atoms with Crippen LogP contribution in [0.25, 0.3) is 0 Å². The lowest BCUT2D eigenvalue weighted by Gasteiger charge is -2.20. The van der Waals surface area contributed by atoms with Gasteiger partial charge < -0.3 is 10.6 Å². The molecule has 0 saturated carbocycles. The summed E-state index contributed by atoms with van der Waals surface area (Å²) in [6, 6.07) is 4.97. The number of hydrogen-bond acceptors (Lipinski definition) is 4.